The molecule has 2 aromatic rings. The number of hydrogen-bond acceptors (Lipinski definition) is 6. The third-order valence-electron chi connectivity index (χ3n) is 3.35. The Labute approximate surface area is 124 Å². The standard InChI is InChI=1S/C13H14N4O3S/c1-7(13(18)16-8-2-3-8)15-9-4-5-10-11(14-6-21-10)12(9)17(19)20/h4-8,15H,2-3H2,1H3,(H,16,18). The second kappa shape index (κ2) is 5.28. The first-order valence-corrected chi connectivity index (χ1v) is 7.51. The molecule has 8 heteroatoms. The number of rotatable bonds is 5. The van der Waals surface area contributed by atoms with Gasteiger partial charge in [-0.1, -0.05) is 0 Å². The monoisotopic (exact) mass is 306 g/mol. The van der Waals surface area contributed by atoms with E-state index in [0.717, 1.165) is 17.5 Å². The largest absolute Gasteiger partial charge is 0.368 e. The van der Waals surface area contributed by atoms with Gasteiger partial charge in [0.1, 0.15) is 11.7 Å². The molecular weight excluding hydrogens is 292 g/mol. The van der Waals surface area contributed by atoms with Crippen molar-refractivity contribution < 1.29 is 9.72 Å². The Kier molecular flexibility index (Phi) is 3.46. The molecule has 0 bridgehead atoms. The summed E-state index contributed by atoms with van der Waals surface area (Å²) in [7, 11) is 0. The van der Waals surface area contributed by atoms with Crippen molar-refractivity contribution in [3.05, 3.63) is 27.8 Å². The van der Waals surface area contributed by atoms with Gasteiger partial charge in [0.2, 0.25) is 5.91 Å². The molecule has 0 radical (unpaired) electrons. The number of amides is 1. The first kappa shape index (κ1) is 13.7. The Morgan fingerprint density at radius 2 is 2.29 bits per heavy atom. The van der Waals surface area contributed by atoms with Gasteiger partial charge in [-0.25, -0.2) is 4.98 Å². The summed E-state index contributed by atoms with van der Waals surface area (Å²) in [4.78, 5) is 26.8. The molecule has 0 aliphatic heterocycles. The molecule has 0 spiro atoms. The molecule has 1 aromatic heterocycles. The van der Waals surface area contributed by atoms with Crippen LogP contribution in [0.5, 0.6) is 0 Å². The van der Waals surface area contributed by atoms with Gasteiger partial charge in [-0.2, -0.15) is 0 Å². The van der Waals surface area contributed by atoms with Crippen molar-refractivity contribution in [2.24, 2.45) is 0 Å². The molecule has 1 fully saturated rings. The molecule has 1 aliphatic rings. The normalized spacial score (nSPS) is 15.7. The molecule has 1 aliphatic carbocycles. The average molecular weight is 306 g/mol. The van der Waals surface area contributed by atoms with Crippen LogP contribution in [0.15, 0.2) is 17.6 Å². The Morgan fingerprint density at radius 3 is 2.95 bits per heavy atom. The summed E-state index contributed by atoms with van der Waals surface area (Å²) in [6.07, 6.45) is 2.01. The lowest BCUT2D eigenvalue weighted by Gasteiger charge is -2.15. The highest BCUT2D eigenvalue weighted by Crippen LogP contribution is 2.34. The number of thiazole rings is 1. The smallest absolute Gasteiger partial charge is 0.319 e. The number of anilines is 1. The van der Waals surface area contributed by atoms with Gasteiger partial charge >= 0.3 is 5.69 Å². The number of nitrogens with one attached hydrogen (secondary N) is 2. The zero-order valence-corrected chi connectivity index (χ0v) is 12.1. The molecule has 2 N–H and O–H groups in total. The van der Waals surface area contributed by atoms with Crippen LogP contribution >= 0.6 is 11.3 Å². The molecule has 21 heavy (non-hydrogen) atoms. The molecule has 1 unspecified atom stereocenters. The molecule has 0 saturated heterocycles. The number of nitrogens with zero attached hydrogens (tertiary/aromatic N) is 2. The zero-order chi connectivity index (χ0) is 15.0. The summed E-state index contributed by atoms with van der Waals surface area (Å²) in [6.45, 7) is 1.69. The molecule has 1 heterocycles. The van der Waals surface area contributed by atoms with Crippen LogP contribution in [0.25, 0.3) is 10.2 Å². The molecule has 1 saturated carbocycles. The maximum atomic E-state index is 11.9. The number of carbonyl (C=O) groups excluding carboxylic acids is 1. The first-order valence-electron chi connectivity index (χ1n) is 6.64. The Hall–Kier alpha value is -2.22. The second-order valence-corrected chi connectivity index (χ2v) is 5.95. The van der Waals surface area contributed by atoms with Crippen molar-refractivity contribution in [1.82, 2.24) is 10.3 Å². The van der Waals surface area contributed by atoms with Crippen LogP contribution < -0.4 is 10.6 Å². The number of carbonyl (C=O) groups is 1. The van der Waals surface area contributed by atoms with E-state index in [1.807, 2.05) is 0 Å². The lowest BCUT2D eigenvalue weighted by Crippen LogP contribution is -2.38. The molecule has 7 nitrogen and oxygen atoms in total. The van der Waals surface area contributed by atoms with Gasteiger partial charge in [0.25, 0.3) is 0 Å². The van der Waals surface area contributed by atoms with Crippen molar-refractivity contribution in [3.63, 3.8) is 0 Å². The Morgan fingerprint density at radius 1 is 1.52 bits per heavy atom. The van der Waals surface area contributed by atoms with Crippen LogP contribution in [0.4, 0.5) is 11.4 Å². The molecule has 1 atom stereocenters. The van der Waals surface area contributed by atoms with Crippen LogP contribution in [0, 0.1) is 10.1 Å². The first-order chi connectivity index (χ1) is 10.1. The Bertz CT molecular complexity index is 711. The van der Waals surface area contributed by atoms with Gasteiger partial charge in [-0.3, -0.25) is 14.9 Å². The van der Waals surface area contributed by atoms with E-state index in [2.05, 4.69) is 15.6 Å². The van der Waals surface area contributed by atoms with Gasteiger partial charge in [0.15, 0.2) is 5.52 Å². The van der Waals surface area contributed by atoms with E-state index in [1.165, 1.54) is 11.3 Å². The van der Waals surface area contributed by atoms with E-state index in [9.17, 15) is 14.9 Å². The number of hydrogen-bond donors (Lipinski definition) is 2. The molecule has 3 rings (SSSR count). The maximum absolute atomic E-state index is 11.9. The van der Waals surface area contributed by atoms with Gasteiger partial charge < -0.3 is 10.6 Å². The summed E-state index contributed by atoms with van der Waals surface area (Å²) in [5.74, 6) is -0.148. The summed E-state index contributed by atoms with van der Waals surface area (Å²) < 4.78 is 0.752. The van der Waals surface area contributed by atoms with Gasteiger partial charge in [0.05, 0.1) is 15.1 Å². The summed E-state index contributed by atoms with van der Waals surface area (Å²) in [6, 6.07) is 3.12. The fourth-order valence-corrected chi connectivity index (χ4v) is 2.75. The Balaban J connectivity index is 1.86. The van der Waals surface area contributed by atoms with Crippen LogP contribution in [0.1, 0.15) is 19.8 Å². The van der Waals surface area contributed by atoms with Crippen molar-refractivity contribution >= 4 is 38.8 Å². The average Bonchev–Trinajstić information content (AvgIpc) is 3.12. The highest BCUT2D eigenvalue weighted by molar-refractivity contribution is 7.16. The van der Waals surface area contributed by atoms with E-state index in [0.29, 0.717) is 11.2 Å². The molecule has 1 amide bonds. The van der Waals surface area contributed by atoms with Crippen molar-refractivity contribution in [2.75, 3.05) is 5.32 Å². The fraction of sp³-hybridized carbons (Fsp3) is 0.385. The van der Waals surface area contributed by atoms with Crippen LogP contribution in [0.3, 0.4) is 0 Å². The van der Waals surface area contributed by atoms with Crippen molar-refractivity contribution in [1.29, 1.82) is 0 Å². The minimum Gasteiger partial charge on any atom is -0.368 e. The predicted octanol–water partition coefficient (Wildman–Crippen LogP) is 2.28. The number of nitro benzene ring substituents is 1. The number of benzene rings is 1. The zero-order valence-electron chi connectivity index (χ0n) is 11.3. The number of fused-ring (bicyclic) bond motifs is 1. The lowest BCUT2D eigenvalue weighted by molar-refractivity contribution is -0.382. The summed E-state index contributed by atoms with van der Waals surface area (Å²) in [5.41, 5.74) is 2.16. The van der Waals surface area contributed by atoms with E-state index >= 15 is 0 Å². The predicted molar refractivity (Wildman–Crippen MR) is 80.5 cm³/mol. The summed E-state index contributed by atoms with van der Waals surface area (Å²) in [5, 5.41) is 17.1. The third-order valence-corrected chi connectivity index (χ3v) is 4.14. The highest BCUT2D eigenvalue weighted by atomic mass is 32.1. The van der Waals surface area contributed by atoms with E-state index in [4.69, 9.17) is 0 Å². The highest BCUT2D eigenvalue weighted by Gasteiger charge is 2.27. The molecular formula is C13H14N4O3S. The van der Waals surface area contributed by atoms with Gasteiger partial charge in [-0.15, -0.1) is 11.3 Å². The molecule has 110 valence electrons. The lowest BCUT2D eigenvalue weighted by atomic mass is 10.2. The topological polar surface area (TPSA) is 97.2 Å². The maximum Gasteiger partial charge on any atom is 0.319 e. The van der Waals surface area contributed by atoms with E-state index in [-0.39, 0.29) is 17.6 Å². The minimum atomic E-state index is -0.541. The van der Waals surface area contributed by atoms with Crippen molar-refractivity contribution in [2.45, 2.75) is 31.8 Å². The van der Waals surface area contributed by atoms with Crippen LogP contribution in [0.2, 0.25) is 0 Å². The molecule has 1 aromatic carbocycles. The number of nitro groups is 1. The third kappa shape index (κ3) is 2.80. The van der Waals surface area contributed by atoms with E-state index < -0.39 is 11.0 Å². The van der Waals surface area contributed by atoms with Crippen LogP contribution in [-0.2, 0) is 4.79 Å². The second-order valence-electron chi connectivity index (χ2n) is 5.07. The van der Waals surface area contributed by atoms with Crippen LogP contribution in [-0.4, -0.2) is 27.9 Å². The minimum absolute atomic E-state index is 0.0835. The fourth-order valence-electron chi connectivity index (χ4n) is 2.07. The quantitative estimate of drug-likeness (QED) is 0.652. The van der Waals surface area contributed by atoms with Gasteiger partial charge in [0, 0.05) is 6.04 Å². The SMILES string of the molecule is CC(Nc1ccc2scnc2c1[N+](=O)[O-])C(=O)NC1CC1. The number of aromatic nitrogens is 1. The van der Waals surface area contributed by atoms with Crippen molar-refractivity contribution in [3.8, 4) is 0 Å². The van der Waals surface area contributed by atoms with E-state index in [1.54, 1.807) is 24.6 Å². The van der Waals surface area contributed by atoms with Gasteiger partial charge in [-0.05, 0) is 31.9 Å². The summed E-state index contributed by atoms with van der Waals surface area (Å²) >= 11 is 1.35.